The molecule has 3 aliphatic rings. The van der Waals surface area contributed by atoms with Crippen molar-refractivity contribution in [2.75, 3.05) is 39.3 Å². The summed E-state index contributed by atoms with van der Waals surface area (Å²) in [6.45, 7) is 9.08. The zero-order chi connectivity index (χ0) is 17.3. The van der Waals surface area contributed by atoms with Crippen molar-refractivity contribution >= 4 is 11.6 Å². The Hall–Kier alpha value is -0.680. The number of rotatable bonds is 5. The molecule has 3 heterocycles. The van der Waals surface area contributed by atoms with Crippen molar-refractivity contribution in [1.29, 1.82) is 0 Å². The van der Waals surface area contributed by atoms with E-state index in [4.69, 9.17) is 16.3 Å². The lowest BCUT2D eigenvalue weighted by Crippen LogP contribution is -2.60. The first-order valence-corrected chi connectivity index (χ1v) is 10.2. The minimum atomic E-state index is 0.100. The zero-order valence-electron chi connectivity index (χ0n) is 15.3. The SMILES string of the molecule is CCCN1CC2(CCN(CCc3ncccc3Cl)CC2)OC2(CC2)C1. The molecule has 0 aromatic carbocycles. The number of aromatic nitrogens is 1. The molecule has 1 aliphatic carbocycles. The topological polar surface area (TPSA) is 28.6 Å². The van der Waals surface area contributed by atoms with Crippen LogP contribution in [0, 0.1) is 0 Å². The molecule has 2 aliphatic heterocycles. The van der Waals surface area contributed by atoms with Crippen molar-refractivity contribution in [1.82, 2.24) is 14.8 Å². The van der Waals surface area contributed by atoms with Gasteiger partial charge in [0.05, 0.1) is 21.9 Å². The van der Waals surface area contributed by atoms with Crippen molar-refractivity contribution in [2.45, 2.75) is 56.7 Å². The van der Waals surface area contributed by atoms with E-state index in [0.29, 0.717) is 0 Å². The monoisotopic (exact) mass is 363 g/mol. The van der Waals surface area contributed by atoms with E-state index in [1.165, 1.54) is 25.8 Å². The Morgan fingerprint density at radius 3 is 2.44 bits per heavy atom. The quantitative estimate of drug-likeness (QED) is 0.801. The highest BCUT2D eigenvalue weighted by atomic mass is 35.5. The number of ether oxygens (including phenoxy) is 1. The molecule has 4 rings (SSSR count). The number of morpholine rings is 1. The van der Waals surface area contributed by atoms with Gasteiger partial charge in [-0.25, -0.2) is 0 Å². The van der Waals surface area contributed by atoms with Crippen LogP contribution in [0.2, 0.25) is 5.02 Å². The van der Waals surface area contributed by atoms with Gasteiger partial charge in [0.1, 0.15) is 0 Å². The Morgan fingerprint density at radius 1 is 1.08 bits per heavy atom. The standard InChI is InChI=1S/C20H30ClN3O/c1-2-11-24-15-19(6-7-19)25-20(16-24)8-13-23(14-9-20)12-5-18-17(21)4-3-10-22-18/h3-4,10H,2,5-9,11-16H2,1H3. The van der Waals surface area contributed by atoms with Crippen LogP contribution in [0.4, 0.5) is 0 Å². The molecule has 1 saturated carbocycles. The van der Waals surface area contributed by atoms with Gasteiger partial charge in [-0.15, -0.1) is 0 Å². The van der Waals surface area contributed by atoms with Crippen LogP contribution in [-0.2, 0) is 11.2 Å². The van der Waals surface area contributed by atoms with E-state index in [9.17, 15) is 0 Å². The van der Waals surface area contributed by atoms with Gasteiger partial charge in [0, 0.05) is 45.3 Å². The fraction of sp³-hybridized carbons (Fsp3) is 0.750. The molecule has 0 radical (unpaired) electrons. The highest BCUT2D eigenvalue weighted by Crippen LogP contribution is 2.49. The molecule has 1 aromatic rings. The first-order chi connectivity index (χ1) is 12.1. The second-order valence-electron chi connectivity index (χ2n) is 8.20. The molecule has 2 spiro atoms. The Labute approximate surface area is 156 Å². The molecule has 0 atom stereocenters. The third-order valence-electron chi connectivity index (χ3n) is 6.07. The third-order valence-corrected chi connectivity index (χ3v) is 6.41. The number of hydrogen-bond donors (Lipinski definition) is 0. The van der Waals surface area contributed by atoms with Crippen LogP contribution in [0.1, 0.15) is 44.7 Å². The van der Waals surface area contributed by atoms with Crippen molar-refractivity contribution in [3.8, 4) is 0 Å². The van der Waals surface area contributed by atoms with Crippen LogP contribution < -0.4 is 0 Å². The summed E-state index contributed by atoms with van der Waals surface area (Å²) in [5.41, 5.74) is 1.32. The van der Waals surface area contributed by atoms with E-state index in [-0.39, 0.29) is 11.2 Å². The fourth-order valence-electron chi connectivity index (χ4n) is 4.58. The average molecular weight is 364 g/mol. The lowest BCUT2D eigenvalue weighted by Gasteiger charge is -2.50. The van der Waals surface area contributed by atoms with Crippen molar-refractivity contribution < 1.29 is 4.74 Å². The number of pyridine rings is 1. The van der Waals surface area contributed by atoms with Crippen LogP contribution in [0.3, 0.4) is 0 Å². The van der Waals surface area contributed by atoms with E-state index in [1.807, 2.05) is 18.3 Å². The minimum Gasteiger partial charge on any atom is -0.366 e. The smallest absolute Gasteiger partial charge is 0.0841 e. The van der Waals surface area contributed by atoms with Crippen molar-refractivity contribution in [3.05, 3.63) is 29.0 Å². The van der Waals surface area contributed by atoms with Gasteiger partial charge in [-0.2, -0.15) is 0 Å². The van der Waals surface area contributed by atoms with Crippen molar-refractivity contribution in [2.24, 2.45) is 0 Å². The maximum Gasteiger partial charge on any atom is 0.0841 e. The van der Waals surface area contributed by atoms with E-state index in [2.05, 4.69) is 21.7 Å². The minimum absolute atomic E-state index is 0.100. The summed E-state index contributed by atoms with van der Waals surface area (Å²) >= 11 is 6.24. The van der Waals surface area contributed by atoms with Gasteiger partial charge < -0.3 is 9.64 Å². The van der Waals surface area contributed by atoms with E-state index < -0.39 is 0 Å². The summed E-state index contributed by atoms with van der Waals surface area (Å²) in [6, 6.07) is 3.83. The molecular weight excluding hydrogens is 334 g/mol. The van der Waals surface area contributed by atoms with E-state index >= 15 is 0 Å². The van der Waals surface area contributed by atoms with Gasteiger partial charge in [-0.3, -0.25) is 9.88 Å². The molecule has 1 aromatic heterocycles. The predicted octanol–water partition coefficient (Wildman–Crippen LogP) is 3.39. The maximum absolute atomic E-state index is 6.72. The van der Waals surface area contributed by atoms with Gasteiger partial charge in [-0.1, -0.05) is 18.5 Å². The highest BCUT2D eigenvalue weighted by Gasteiger charge is 2.55. The molecule has 4 nitrogen and oxygen atoms in total. The molecule has 0 N–H and O–H groups in total. The largest absolute Gasteiger partial charge is 0.366 e. The number of piperidine rings is 1. The molecule has 0 bridgehead atoms. The number of nitrogens with zero attached hydrogens (tertiary/aromatic N) is 3. The Kier molecular flexibility index (Phi) is 5.07. The van der Waals surface area contributed by atoms with Crippen LogP contribution in [0.5, 0.6) is 0 Å². The van der Waals surface area contributed by atoms with E-state index in [0.717, 1.165) is 62.7 Å². The van der Waals surface area contributed by atoms with Crippen LogP contribution in [-0.4, -0.2) is 65.3 Å². The number of likely N-dealkylation sites (tertiary alicyclic amines) is 1. The lowest BCUT2D eigenvalue weighted by atomic mass is 9.88. The summed E-state index contributed by atoms with van der Waals surface area (Å²) in [7, 11) is 0. The number of halogens is 1. The van der Waals surface area contributed by atoms with Gasteiger partial charge >= 0.3 is 0 Å². The molecule has 5 heteroatoms. The van der Waals surface area contributed by atoms with Crippen LogP contribution in [0.25, 0.3) is 0 Å². The lowest BCUT2D eigenvalue weighted by molar-refractivity contribution is -0.188. The second-order valence-corrected chi connectivity index (χ2v) is 8.61. The van der Waals surface area contributed by atoms with Gasteiger partial charge in [0.2, 0.25) is 0 Å². The second kappa shape index (κ2) is 7.15. The van der Waals surface area contributed by atoms with Gasteiger partial charge in [-0.05, 0) is 50.8 Å². The normalized spacial score (nSPS) is 25.5. The average Bonchev–Trinajstić information content (AvgIpc) is 3.33. The first-order valence-electron chi connectivity index (χ1n) is 9.86. The predicted molar refractivity (Wildman–Crippen MR) is 101 cm³/mol. The molecule has 2 saturated heterocycles. The molecule has 0 unspecified atom stereocenters. The summed E-state index contributed by atoms with van der Waals surface area (Å²) in [4.78, 5) is 9.63. The molecular formula is C20H30ClN3O. The van der Waals surface area contributed by atoms with Crippen molar-refractivity contribution in [3.63, 3.8) is 0 Å². The summed E-state index contributed by atoms with van der Waals surface area (Å²) in [5, 5.41) is 0.789. The maximum atomic E-state index is 6.72. The van der Waals surface area contributed by atoms with Gasteiger partial charge in [0.15, 0.2) is 0 Å². The third kappa shape index (κ3) is 4.02. The summed E-state index contributed by atoms with van der Waals surface area (Å²) < 4.78 is 6.72. The molecule has 3 fully saturated rings. The molecule has 138 valence electrons. The Bertz CT molecular complexity index is 596. The first kappa shape index (κ1) is 17.7. The molecule has 25 heavy (non-hydrogen) atoms. The van der Waals surface area contributed by atoms with Crippen LogP contribution in [0.15, 0.2) is 18.3 Å². The fourth-order valence-corrected chi connectivity index (χ4v) is 4.80. The Morgan fingerprint density at radius 2 is 1.80 bits per heavy atom. The zero-order valence-corrected chi connectivity index (χ0v) is 16.1. The summed E-state index contributed by atoms with van der Waals surface area (Å²) in [5.74, 6) is 0. The van der Waals surface area contributed by atoms with E-state index in [1.54, 1.807) is 0 Å². The Balaban J connectivity index is 1.32. The number of hydrogen-bond acceptors (Lipinski definition) is 4. The van der Waals surface area contributed by atoms with Gasteiger partial charge in [0.25, 0.3) is 0 Å². The molecule has 0 amide bonds. The van der Waals surface area contributed by atoms with Crippen LogP contribution >= 0.6 is 11.6 Å². The highest BCUT2D eigenvalue weighted by molar-refractivity contribution is 6.31. The summed E-state index contributed by atoms with van der Waals surface area (Å²) in [6.07, 6.45) is 8.84.